The van der Waals surface area contributed by atoms with Gasteiger partial charge in [-0.25, -0.2) is 4.68 Å². The van der Waals surface area contributed by atoms with Crippen LogP contribution in [0.5, 0.6) is 0 Å². The molecule has 1 aliphatic rings. The maximum absolute atomic E-state index is 4.66. The average molecular weight is 269 g/mol. The van der Waals surface area contributed by atoms with Crippen LogP contribution in [-0.2, 0) is 6.54 Å². The minimum absolute atomic E-state index is 0.504. The second-order valence-corrected chi connectivity index (χ2v) is 6.06. The fourth-order valence-electron chi connectivity index (χ4n) is 2.63. The zero-order chi connectivity index (χ0) is 14.1. The summed E-state index contributed by atoms with van der Waals surface area (Å²) in [4.78, 5) is 0. The molecule has 106 valence electrons. The summed E-state index contributed by atoms with van der Waals surface area (Å²) in [5.74, 6) is 0.695. The largest absolute Gasteiger partial charge is 0.310 e. The Bertz CT molecular complexity index is 594. The number of hydrogen-bond acceptors (Lipinski definition) is 2. The molecule has 1 heterocycles. The van der Waals surface area contributed by atoms with Crippen LogP contribution in [0.2, 0.25) is 0 Å². The van der Waals surface area contributed by atoms with Crippen LogP contribution in [0.1, 0.15) is 49.4 Å². The predicted molar refractivity (Wildman–Crippen MR) is 82.3 cm³/mol. The van der Waals surface area contributed by atoms with Gasteiger partial charge in [0.05, 0.1) is 17.6 Å². The van der Waals surface area contributed by atoms with Crippen LogP contribution in [0.25, 0.3) is 5.69 Å². The van der Waals surface area contributed by atoms with E-state index in [4.69, 9.17) is 0 Å². The molecule has 0 radical (unpaired) electrons. The van der Waals surface area contributed by atoms with Gasteiger partial charge in [0.1, 0.15) is 0 Å². The van der Waals surface area contributed by atoms with Gasteiger partial charge in [-0.3, -0.25) is 0 Å². The Kier molecular flexibility index (Phi) is 3.62. The fraction of sp³-hybridized carbons (Fsp3) is 0.471. The van der Waals surface area contributed by atoms with Crippen molar-refractivity contribution in [2.45, 2.75) is 52.1 Å². The van der Waals surface area contributed by atoms with Crippen LogP contribution in [0.4, 0.5) is 0 Å². The van der Waals surface area contributed by atoms with Crippen molar-refractivity contribution in [3.8, 4) is 5.69 Å². The normalized spacial score (nSPS) is 15.0. The van der Waals surface area contributed by atoms with E-state index in [1.165, 1.54) is 35.3 Å². The average Bonchev–Trinajstić information content (AvgIpc) is 3.17. The third-order valence-corrected chi connectivity index (χ3v) is 3.89. The number of aromatic nitrogens is 2. The highest BCUT2D eigenvalue weighted by Crippen LogP contribution is 2.42. The van der Waals surface area contributed by atoms with E-state index in [-0.39, 0.29) is 0 Å². The van der Waals surface area contributed by atoms with Crippen LogP contribution in [0.3, 0.4) is 0 Å². The second-order valence-electron chi connectivity index (χ2n) is 6.06. The molecule has 0 saturated heterocycles. The number of nitrogens with one attached hydrogen (secondary N) is 1. The van der Waals surface area contributed by atoms with Crippen LogP contribution in [-0.4, -0.2) is 15.8 Å². The molecule has 0 aliphatic heterocycles. The van der Waals surface area contributed by atoms with Gasteiger partial charge < -0.3 is 5.32 Å². The summed E-state index contributed by atoms with van der Waals surface area (Å²) < 4.78 is 2.16. The van der Waals surface area contributed by atoms with Gasteiger partial charge >= 0.3 is 0 Å². The molecule has 0 unspecified atom stereocenters. The molecule has 0 atom stereocenters. The number of para-hydroxylation sites is 1. The predicted octanol–water partition coefficient (Wildman–Crippen LogP) is 3.56. The summed E-state index contributed by atoms with van der Waals surface area (Å²) in [6, 6.07) is 8.99. The third kappa shape index (κ3) is 2.63. The highest BCUT2D eigenvalue weighted by Gasteiger charge is 2.30. The van der Waals surface area contributed by atoms with E-state index in [9.17, 15) is 0 Å². The molecule has 20 heavy (non-hydrogen) atoms. The van der Waals surface area contributed by atoms with E-state index in [0.717, 1.165) is 6.54 Å². The molecule has 0 amide bonds. The Hall–Kier alpha value is -1.61. The topological polar surface area (TPSA) is 29.9 Å². The van der Waals surface area contributed by atoms with Crippen molar-refractivity contribution >= 4 is 0 Å². The standard InChI is InChI=1S/C17H23N3/c1-12(2)18-10-15-11-19-20(17(15)14-8-9-14)16-7-5-4-6-13(16)3/h4-7,11-12,14,18H,8-10H2,1-3H3. The first-order chi connectivity index (χ1) is 9.66. The van der Waals surface area contributed by atoms with Gasteiger partial charge in [-0.05, 0) is 31.4 Å². The first-order valence-corrected chi connectivity index (χ1v) is 7.53. The van der Waals surface area contributed by atoms with Crippen molar-refractivity contribution in [2.24, 2.45) is 0 Å². The molecule has 1 aromatic carbocycles. The van der Waals surface area contributed by atoms with E-state index in [1.54, 1.807) is 0 Å². The molecule has 2 aromatic rings. The van der Waals surface area contributed by atoms with E-state index in [1.807, 2.05) is 6.20 Å². The summed E-state index contributed by atoms with van der Waals surface area (Å²) >= 11 is 0. The number of aryl methyl sites for hydroxylation is 1. The molecule has 0 bridgehead atoms. The van der Waals surface area contributed by atoms with Crippen molar-refractivity contribution in [2.75, 3.05) is 0 Å². The van der Waals surface area contributed by atoms with Crippen molar-refractivity contribution in [3.05, 3.63) is 47.3 Å². The number of benzene rings is 1. The SMILES string of the molecule is Cc1ccccc1-n1ncc(CNC(C)C)c1C1CC1. The van der Waals surface area contributed by atoms with Crippen molar-refractivity contribution in [1.29, 1.82) is 0 Å². The van der Waals surface area contributed by atoms with Gasteiger partial charge in [0.2, 0.25) is 0 Å². The lowest BCUT2D eigenvalue weighted by Crippen LogP contribution is -2.22. The van der Waals surface area contributed by atoms with Crippen molar-refractivity contribution in [3.63, 3.8) is 0 Å². The maximum Gasteiger partial charge on any atom is 0.0678 e. The Balaban J connectivity index is 1.97. The molecule has 0 spiro atoms. The summed E-state index contributed by atoms with van der Waals surface area (Å²) in [6.07, 6.45) is 4.63. The fourth-order valence-corrected chi connectivity index (χ4v) is 2.63. The summed E-state index contributed by atoms with van der Waals surface area (Å²) in [5.41, 5.74) is 5.25. The lowest BCUT2D eigenvalue weighted by atomic mass is 10.1. The number of nitrogens with zero attached hydrogens (tertiary/aromatic N) is 2. The van der Waals surface area contributed by atoms with Gasteiger partial charge in [-0.1, -0.05) is 32.0 Å². The highest BCUT2D eigenvalue weighted by molar-refractivity contribution is 5.43. The molecule has 1 saturated carbocycles. The second kappa shape index (κ2) is 5.41. The lowest BCUT2D eigenvalue weighted by Gasteiger charge is -2.12. The molecule has 1 aliphatic carbocycles. The molecule has 1 aromatic heterocycles. The Morgan fingerprint density at radius 2 is 2.05 bits per heavy atom. The van der Waals surface area contributed by atoms with E-state index in [0.29, 0.717) is 12.0 Å². The molecule has 3 rings (SSSR count). The highest BCUT2D eigenvalue weighted by atomic mass is 15.3. The van der Waals surface area contributed by atoms with Gasteiger partial charge in [0, 0.05) is 24.1 Å². The zero-order valence-electron chi connectivity index (χ0n) is 12.6. The van der Waals surface area contributed by atoms with Crippen molar-refractivity contribution < 1.29 is 0 Å². The van der Waals surface area contributed by atoms with Crippen molar-refractivity contribution in [1.82, 2.24) is 15.1 Å². The minimum atomic E-state index is 0.504. The summed E-state index contributed by atoms with van der Waals surface area (Å²) in [5, 5.41) is 8.17. The van der Waals surface area contributed by atoms with E-state index in [2.05, 4.69) is 60.1 Å². The van der Waals surface area contributed by atoms with Crippen LogP contribution < -0.4 is 5.32 Å². The first-order valence-electron chi connectivity index (χ1n) is 7.53. The molecular formula is C17H23N3. The smallest absolute Gasteiger partial charge is 0.0678 e. The number of rotatable bonds is 5. The molecular weight excluding hydrogens is 246 g/mol. The molecule has 3 heteroatoms. The molecule has 3 nitrogen and oxygen atoms in total. The van der Waals surface area contributed by atoms with Gasteiger partial charge in [0.15, 0.2) is 0 Å². The van der Waals surface area contributed by atoms with E-state index < -0.39 is 0 Å². The third-order valence-electron chi connectivity index (χ3n) is 3.89. The van der Waals surface area contributed by atoms with Gasteiger partial charge in [0.25, 0.3) is 0 Å². The molecule has 1 N–H and O–H groups in total. The number of hydrogen-bond donors (Lipinski definition) is 1. The lowest BCUT2D eigenvalue weighted by molar-refractivity contribution is 0.585. The maximum atomic E-state index is 4.66. The molecule has 1 fully saturated rings. The summed E-state index contributed by atoms with van der Waals surface area (Å²) in [7, 11) is 0. The Morgan fingerprint density at radius 1 is 1.30 bits per heavy atom. The quantitative estimate of drug-likeness (QED) is 0.899. The minimum Gasteiger partial charge on any atom is -0.310 e. The Labute approximate surface area is 121 Å². The van der Waals surface area contributed by atoms with Crippen LogP contribution >= 0.6 is 0 Å². The summed E-state index contributed by atoms with van der Waals surface area (Å²) in [6.45, 7) is 7.43. The van der Waals surface area contributed by atoms with Gasteiger partial charge in [-0.15, -0.1) is 0 Å². The van der Waals surface area contributed by atoms with Gasteiger partial charge in [-0.2, -0.15) is 5.10 Å². The van der Waals surface area contributed by atoms with Crippen LogP contribution in [0, 0.1) is 6.92 Å². The van der Waals surface area contributed by atoms with E-state index >= 15 is 0 Å². The Morgan fingerprint density at radius 3 is 2.70 bits per heavy atom. The zero-order valence-corrected chi connectivity index (χ0v) is 12.6. The monoisotopic (exact) mass is 269 g/mol. The first kappa shape index (κ1) is 13.4. The van der Waals surface area contributed by atoms with Crippen LogP contribution in [0.15, 0.2) is 30.5 Å².